The maximum absolute atomic E-state index is 10.7. The molecule has 2 aromatic rings. The van der Waals surface area contributed by atoms with Crippen molar-refractivity contribution < 1.29 is 9.85 Å². The van der Waals surface area contributed by atoms with Crippen molar-refractivity contribution in [3.05, 3.63) is 57.1 Å². The molecule has 0 atom stereocenters. The Morgan fingerprint density at radius 3 is 2.35 bits per heavy atom. The standard InChI is InChI=1S/C9H6N4O4/c14-12(15)8-2-1-7(5-9(8)13(16)17)11-4-3-10-6-11/h1-6H. The molecule has 1 aromatic heterocycles. The highest BCUT2D eigenvalue weighted by Crippen LogP contribution is 2.28. The number of benzene rings is 1. The van der Waals surface area contributed by atoms with Crippen LogP contribution in [0.2, 0.25) is 0 Å². The molecule has 0 N–H and O–H groups in total. The average Bonchev–Trinajstić information content (AvgIpc) is 2.81. The lowest BCUT2D eigenvalue weighted by Crippen LogP contribution is -1.99. The summed E-state index contributed by atoms with van der Waals surface area (Å²) >= 11 is 0. The molecule has 8 nitrogen and oxygen atoms in total. The van der Waals surface area contributed by atoms with Crippen LogP contribution in [0.5, 0.6) is 0 Å². The van der Waals surface area contributed by atoms with E-state index >= 15 is 0 Å². The molecule has 1 aromatic carbocycles. The van der Waals surface area contributed by atoms with Gasteiger partial charge in [0.15, 0.2) is 0 Å². The number of hydrogen-bond acceptors (Lipinski definition) is 5. The van der Waals surface area contributed by atoms with Gasteiger partial charge in [-0.15, -0.1) is 0 Å². The van der Waals surface area contributed by atoms with E-state index < -0.39 is 21.2 Å². The van der Waals surface area contributed by atoms with Gasteiger partial charge in [0.05, 0.1) is 21.9 Å². The molecule has 0 bridgehead atoms. The van der Waals surface area contributed by atoms with Gasteiger partial charge in [0.2, 0.25) is 0 Å². The molecule has 8 heteroatoms. The predicted molar refractivity (Wildman–Crippen MR) is 56.9 cm³/mol. The van der Waals surface area contributed by atoms with E-state index in [-0.39, 0.29) is 0 Å². The first-order chi connectivity index (χ1) is 8.09. The highest BCUT2D eigenvalue weighted by molar-refractivity contribution is 5.57. The Morgan fingerprint density at radius 1 is 1.12 bits per heavy atom. The summed E-state index contributed by atoms with van der Waals surface area (Å²) in [4.78, 5) is 23.6. The zero-order valence-corrected chi connectivity index (χ0v) is 8.39. The maximum Gasteiger partial charge on any atom is 0.348 e. The van der Waals surface area contributed by atoms with Crippen LogP contribution in [0.4, 0.5) is 11.4 Å². The second-order valence-corrected chi connectivity index (χ2v) is 3.16. The van der Waals surface area contributed by atoms with Crippen LogP contribution in [-0.4, -0.2) is 19.4 Å². The Morgan fingerprint density at radius 2 is 1.82 bits per heavy atom. The summed E-state index contributed by atoms with van der Waals surface area (Å²) in [5, 5.41) is 21.3. The molecule has 86 valence electrons. The summed E-state index contributed by atoms with van der Waals surface area (Å²) in [6, 6.07) is 3.67. The second kappa shape index (κ2) is 4.00. The Labute approximate surface area is 94.4 Å². The summed E-state index contributed by atoms with van der Waals surface area (Å²) in [5.74, 6) is 0. The largest absolute Gasteiger partial charge is 0.348 e. The number of nitrogens with zero attached hydrogens (tertiary/aromatic N) is 4. The Hall–Kier alpha value is -2.77. The second-order valence-electron chi connectivity index (χ2n) is 3.16. The number of rotatable bonds is 3. The van der Waals surface area contributed by atoms with Crippen molar-refractivity contribution in [3.63, 3.8) is 0 Å². The van der Waals surface area contributed by atoms with Crippen LogP contribution in [0.3, 0.4) is 0 Å². The zero-order valence-electron chi connectivity index (χ0n) is 8.39. The normalized spacial score (nSPS) is 10.1. The van der Waals surface area contributed by atoms with Crippen LogP contribution in [0.25, 0.3) is 5.69 Å². The van der Waals surface area contributed by atoms with Gasteiger partial charge in [-0.25, -0.2) is 4.98 Å². The van der Waals surface area contributed by atoms with Gasteiger partial charge in [-0.05, 0) is 6.07 Å². The molecule has 0 radical (unpaired) electrons. The lowest BCUT2D eigenvalue weighted by molar-refractivity contribution is -0.422. The average molecular weight is 234 g/mol. The Kier molecular flexibility index (Phi) is 2.53. The van der Waals surface area contributed by atoms with Gasteiger partial charge >= 0.3 is 11.4 Å². The van der Waals surface area contributed by atoms with Crippen LogP contribution < -0.4 is 0 Å². The van der Waals surface area contributed by atoms with Gasteiger partial charge in [-0.1, -0.05) is 0 Å². The summed E-state index contributed by atoms with van der Waals surface area (Å²) < 4.78 is 1.52. The number of nitro groups is 2. The molecular weight excluding hydrogens is 228 g/mol. The van der Waals surface area contributed by atoms with E-state index in [0.29, 0.717) is 5.69 Å². The van der Waals surface area contributed by atoms with Crippen molar-refractivity contribution in [2.45, 2.75) is 0 Å². The predicted octanol–water partition coefficient (Wildman–Crippen LogP) is 1.69. The lowest BCUT2D eigenvalue weighted by atomic mass is 10.2. The highest BCUT2D eigenvalue weighted by atomic mass is 16.6. The van der Waals surface area contributed by atoms with E-state index in [1.807, 2.05) is 0 Å². The summed E-state index contributed by atoms with van der Waals surface area (Å²) in [5.41, 5.74) is -0.625. The first-order valence-corrected chi connectivity index (χ1v) is 4.51. The number of imidazole rings is 1. The van der Waals surface area contributed by atoms with Crippen LogP contribution in [0.15, 0.2) is 36.9 Å². The zero-order chi connectivity index (χ0) is 12.4. The fourth-order valence-electron chi connectivity index (χ4n) is 1.38. The molecule has 0 aliphatic heterocycles. The van der Waals surface area contributed by atoms with Gasteiger partial charge in [-0.2, -0.15) is 0 Å². The minimum absolute atomic E-state index is 0.444. The van der Waals surface area contributed by atoms with E-state index in [1.54, 1.807) is 6.20 Å². The molecular formula is C9H6N4O4. The molecule has 0 unspecified atom stereocenters. The van der Waals surface area contributed by atoms with Crippen molar-refractivity contribution in [2.75, 3.05) is 0 Å². The first-order valence-electron chi connectivity index (χ1n) is 4.51. The van der Waals surface area contributed by atoms with Crippen molar-refractivity contribution in [2.24, 2.45) is 0 Å². The molecule has 0 aliphatic carbocycles. The highest BCUT2D eigenvalue weighted by Gasteiger charge is 2.24. The summed E-state index contributed by atoms with van der Waals surface area (Å²) in [6.07, 6.45) is 4.54. The third-order valence-corrected chi connectivity index (χ3v) is 2.15. The van der Waals surface area contributed by atoms with Crippen LogP contribution in [-0.2, 0) is 0 Å². The fourth-order valence-corrected chi connectivity index (χ4v) is 1.38. The molecule has 1 heterocycles. The SMILES string of the molecule is O=[N+]([O-])c1ccc(-n2ccnc2)cc1[N+](=O)[O-]. The van der Waals surface area contributed by atoms with Gasteiger partial charge in [-0.3, -0.25) is 20.2 Å². The lowest BCUT2D eigenvalue weighted by Gasteiger charge is -2.01. The van der Waals surface area contributed by atoms with Crippen molar-refractivity contribution >= 4 is 11.4 Å². The van der Waals surface area contributed by atoms with Gasteiger partial charge in [0, 0.05) is 24.5 Å². The molecule has 0 amide bonds. The quantitative estimate of drug-likeness (QED) is 0.593. The van der Waals surface area contributed by atoms with Gasteiger partial charge in [0.1, 0.15) is 0 Å². The topological polar surface area (TPSA) is 104 Å². The van der Waals surface area contributed by atoms with Crippen molar-refractivity contribution in [1.82, 2.24) is 9.55 Å². The fraction of sp³-hybridized carbons (Fsp3) is 0. The van der Waals surface area contributed by atoms with Crippen molar-refractivity contribution in [1.29, 1.82) is 0 Å². The molecule has 0 saturated carbocycles. The Bertz CT molecular complexity index is 579. The first kappa shape index (κ1) is 10.7. The molecule has 0 saturated heterocycles. The minimum Gasteiger partial charge on any atom is -0.306 e. The molecule has 2 rings (SSSR count). The molecule has 17 heavy (non-hydrogen) atoms. The van der Waals surface area contributed by atoms with Gasteiger partial charge in [0.25, 0.3) is 0 Å². The van der Waals surface area contributed by atoms with Crippen LogP contribution >= 0.6 is 0 Å². The third kappa shape index (κ3) is 1.95. The Balaban J connectivity index is 2.57. The molecule has 0 spiro atoms. The van der Waals surface area contributed by atoms with Crippen molar-refractivity contribution in [3.8, 4) is 5.69 Å². The van der Waals surface area contributed by atoms with Crippen LogP contribution in [0.1, 0.15) is 0 Å². The maximum atomic E-state index is 10.7. The molecule has 0 aliphatic rings. The van der Waals surface area contributed by atoms with E-state index in [0.717, 1.165) is 12.1 Å². The minimum atomic E-state index is -0.782. The smallest absolute Gasteiger partial charge is 0.306 e. The van der Waals surface area contributed by atoms with E-state index in [9.17, 15) is 20.2 Å². The van der Waals surface area contributed by atoms with E-state index in [1.165, 1.54) is 23.2 Å². The third-order valence-electron chi connectivity index (χ3n) is 2.15. The number of nitro benzene ring substituents is 2. The monoisotopic (exact) mass is 234 g/mol. The summed E-state index contributed by atoms with van der Waals surface area (Å²) in [7, 11) is 0. The number of aromatic nitrogens is 2. The summed E-state index contributed by atoms with van der Waals surface area (Å²) in [6.45, 7) is 0. The number of hydrogen-bond donors (Lipinski definition) is 0. The van der Waals surface area contributed by atoms with E-state index in [2.05, 4.69) is 4.98 Å². The van der Waals surface area contributed by atoms with Gasteiger partial charge < -0.3 is 4.57 Å². The van der Waals surface area contributed by atoms with E-state index in [4.69, 9.17) is 0 Å². The molecule has 0 fully saturated rings. The van der Waals surface area contributed by atoms with Crippen LogP contribution in [0, 0.1) is 20.2 Å².